The number of imidazole rings is 1. The van der Waals surface area contributed by atoms with Gasteiger partial charge in [-0.15, -0.1) is 11.3 Å². The Kier molecular flexibility index (Phi) is 4.45. The Bertz CT molecular complexity index is 615. The van der Waals surface area contributed by atoms with Gasteiger partial charge < -0.3 is 5.11 Å². The van der Waals surface area contributed by atoms with Crippen LogP contribution < -0.4 is 5.32 Å². The molecule has 20 heavy (non-hydrogen) atoms. The van der Waals surface area contributed by atoms with Crippen molar-refractivity contribution < 1.29 is 9.90 Å². The maximum atomic E-state index is 11.3. The normalized spacial score (nSPS) is 13.2. The highest BCUT2D eigenvalue weighted by atomic mass is 32.1. The van der Waals surface area contributed by atoms with Crippen molar-refractivity contribution in [3.05, 3.63) is 22.5 Å². The van der Waals surface area contributed by atoms with Gasteiger partial charge in [-0.3, -0.25) is 14.5 Å². The van der Waals surface area contributed by atoms with Crippen LogP contribution in [0, 0.1) is 19.8 Å². The van der Waals surface area contributed by atoms with E-state index in [0.717, 1.165) is 16.3 Å². The van der Waals surface area contributed by atoms with Gasteiger partial charge in [0.1, 0.15) is 6.04 Å². The molecule has 5 nitrogen and oxygen atoms in total. The van der Waals surface area contributed by atoms with E-state index in [0.29, 0.717) is 18.9 Å². The Morgan fingerprint density at radius 3 is 2.80 bits per heavy atom. The van der Waals surface area contributed by atoms with Crippen molar-refractivity contribution >= 4 is 22.3 Å². The lowest BCUT2D eigenvalue weighted by Crippen LogP contribution is -2.37. The maximum Gasteiger partial charge on any atom is 0.320 e. The van der Waals surface area contributed by atoms with Crippen molar-refractivity contribution in [1.82, 2.24) is 14.7 Å². The van der Waals surface area contributed by atoms with E-state index < -0.39 is 12.0 Å². The third-order valence-electron chi connectivity index (χ3n) is 3.26. The van der Waals surface area contributed by atoms with Crippen LogP contribution in [0.1, 0.15) is 36.5 Å². The first kappa shape index (κ1) is 15.0. The quantitative estimate of drug-likeness (QED) is 0.859. The number of thiazole rings is 1. The summed E-state index contributed by atoms with van der Waals surface area (Å²) in [5.41, 5.74) is 2.00. The Morgan fingerprint density at radius 1 is 1.50 bits per heavy atom. The molecule has 6 heteroatoms. The van der Waals surface area contributed by atoms with E-state index in [1.54, 1.807) is 11.3 Å². The van der Waals surface area contributed by atoms with Gasteiger partial charge in [0.25, 0.3) is 0 Å². The molecule has 0 spiro atoms. The summed E-state index contributed by atoms with van der Waals surface area (Å²) in [4.78, 5) is 17.9. The van der Waals surface area contributed by atoms with Gasteiger partial charge in [0.15, 0.2) is 4.96 Å². The summed E-state index contributed by atoms with van der Waals surface area (Å²) in [6, 6.07) is -0.514. The molecule has 2 aromatic rings. The summed E-state index contributed by atoms with van der Waals surface area (Å²) in [6.45, 7) is 8.59. The summed E-state index contributed by atoms with van der Waals surface area (Å²) in [5.74, 6) is -0.447. The highest BCUT2D eigenvalue weighted by Gasteiger charge is 2.19. The molecule has 1 unspecified atom stereocenters. The molecule has 1 atom stereocenters. The number of nitrogens with one attached hydrogen (secondary N) is 1. The Hall–Kier alpha value is -1.40. The monoisotopic (exact) mass is 295 g/mol. The zero-order valence-corrected chi connectivity index (χ0v) is 13.1. The van der Waals surface area contributed by atoms with Gasteiger partial charge in [-0.2, -0.15) is 0 Å². The van der Waals surface area contributed by atoms with Crippen molar-refractivity contribution in [1.29, 1.82) is 0 Å². The summed E-state index contributed by atoms with van der Waals surface area (Å²) in [5, 5.41) is 12.4. The minimum atomic E-state index is -0.793. The zero-order valence-electron chi connectivity index (χ0n) is 12.3. The molecule has 0 aliphatic heterocycles. The Labute approximate surface area is 122 Å². The maximum absolute atomic E-state index is 11.3. The van der Waals surface area contributed by atoms with Crippen LogP contribution in [-0.4, -0.2) is 26.5 Å². The van der Waals surface area contributed by atoms with Crippen LogP contribution in [0.2, 0.25) is 0 Å². The first-order chi connectivity index (χ1) is 9.38. The molecular formula is C14H21N3O2S. The number of carboxylic acids is 1. The lowest BCUT2D eigenvalue weighted by molar-refractivity contribution is -0.140. The van der Waals surface area contributed by atoms with Crippen molar-refractivity contribution in [2.24, 2.45) is 5.92 Å². The largest absolute Gasteiger partial charge is 0.480 e. The molecule has 0 aromatic carbocycles. The summed E-state index contributed by atoms with van der Waals surface area (Å²) < 4.78 is 2.05. The van der Waals surface area contributed by atoms with Crippen molar-refractivity contribution in [2.75, 3.05) is 0 Å². The average Bonchev–Trinajstić information content (AvgIpc) is 2.80. The summed E-state index contributed by atoms with van der Waals surface area (Å²) in [7, 11) is 0. The number of hydrogen-bond acceptors (Lipinski definition) is 4. The van der Waals surface area contributed by atoms with E-state index in [4.69, 9.17) is 0 Å². The molecule has 0 radical (unpaired) electrons. The molecular weight excluding hydrogens is 274 g/mol. The average molecular weight is 295 g/mol. The third kappa shape index (κ3) is 3.19. The number of nitrogens with zero attached hydrogens (tertiary/aromatic N) is 2. The molecule has 0 aliphatic carbocycles. The summed E-state index contributed by atoms with van der Waals surface area (Å²) in [6.07, 6.45) is 2.67. The highest BCUT2D eigenvalue weighted by Crippen LogP contribution is 2.20. The highest BCUT2D eigenvalue weighted by molar-refractivity contribution is 7.17. The number of aromatic nitrogens is 2. The minimum Gasteiger partial charge on any atom is -0.480 e. The molecule has 0 saturated carbocycles. The van der Waals surface area contributed by atoms with Crippen LogP contribution in [0.3, 0.4) is 0 Å². The molecule has 2 rings (SSSR count). The number of carboxylic acid groups (broad SMARTS) is 1. The van der Waals surface area contributed by atoms with E-state index in [-0.39, 0.29) is 0 Å². The van der Waals surface area contributed by atoms with Gasteiger partial charge in [-0.05, 0) is 26.2 Å². The second-order valence-corrected chi connectivity index (χ2v) is 6.75. The van der Waals surface area contributed by atoms with Crippen molar-refractivity contribution in [3.8, 4) is 0 Å². The second kappa shape index (κ2) is 5.93. The molecule has 2 heterocycles. The summed E-state index contributed by atoms with van der Waals surface area (Å²) >= 11 is 1.65. The molecule has 110 valence electrons. The smallest absolute Gasteiger partial charge is 0.320 e. The van der Waals surface area contributed by atoms with Gasteiger partial charge in [0, 0.05) is 17.6 Å². The number of rotatable bonds is 6. The Morgan fingerprint density at radius 2 is 2.20 bits per heavy atom. The zero-order chi connectivity index (χ0) is 14.9. The predicted octanol–water partition coefficient (Wildman–Crippen LogP) is 2.60. The van der Waals surface area contributed by atoms with Crippen LogP contribution in [0.25, 0.3) is 4.96 Å². The molecule has 2 aromatic heterocycles. The fraction of sp³-hybridized carbons (Fsp3) is 0.571. The van der Waals surface area contributed by atoms with Gasteiger partial charge in [0.05, 0.1) is 11.4 Å². The molecule has 0 amide bonds. The molecule has 0 fully saturated rings. The van der Waals surface area contributed by atoms with Crippen LogP contribution in [0.15, 0.2) is 6.20 Å². The molecule has 2 N–H and O–H groups in total. The third-order valence-corrected chi connectivity index (χ3v) is 4.16. The lowest BCUT2D eigenvalue weighted by Gasteiger charge is -2.16. The molecule has 0 saturated heterocycles. The first-order valence-electron chi connectivity index (χ1n) is 6.78. The SMILES string of the molecule is Cc1cn2c(CNC(CC(C)C)C(=O)O)c(C)nc2s1. The molecule has 0 bridgehead atoms. The minimum absolute atomic E-state index is 0.346. The number of carbonyl (C=O) groups is 1. The standard InChI is InChI=1S/C14H21N3O2S/c1-8(2)5-11(13(18)19)15-6-12-10(4)16-14-17(12)7-9(3)20-14/h7-8,11,15H,5-6H2,1-4H3,(H,18,19). The topological polar surface area (TPSA) is 66.6 Å². The number of aryl methyl sites for hydroxylation is 2. The van der Waals surface area contributed by atoms with Crippen LogP contribution in [0.5, 0.6) is 0 Å². The fourth-order valence-electron chi connectivity index (χ4n) is 2.28. The van der Waals surface area contributed by atoms with Crippen molar-refractivity contribution in [3.63, 3.8) is 0 Å². The van der Waals surface area contributed by atoms with Gasteiger partial charge in [0.2, 0.25) is 0 Å². The second-order valence-electron chi connectivity index (χ2n) is 5.54. The van der Waals surface area contributed by atoms with Crippen molar-refractivity contribution in [2.45, 2.75) is 46.7 Å². The Balaban J connectivity index is 2.14. The number of aliphatic carboxylic acids is 1. The van der Waals surface area contributed by atoms with Gasteiger partial charge in [-0.25, -0.2) is 4.98 Å². The first-order valence-corrected chi connectivity index (χ1v) is 7.60. The van der Waals surface area contributed by atoms with E-state index in [1.165, 1.54) is 4.88 Å². The molecule has 0 aliphatic rings. The fourth-order valence-corrected chi connectivity index (χ4v) is 3.17. The van der Waals surface area contributed by atoms with Crippen LogP contribution >= 0.6 is 11.3 Å². The number of fused-ring (bicyclic) bond motifs is 1. The predicted molar refractivity (Wildman–Crippen MR) is 80.3 cm³/mol. The van der Waals surface area contributed by atoms with E-state index in [1.807, 2.05) is 27.7 Å². The lowest BCUT2D eigenvalue weighted by atomic mass is 10.0. The number of hydrogen-bond donors (Lipinski definition) is 2. The van der Waals surface area contributed by atoms with E-state index in [9.17, 15) is 9.90 Å². The van der Waals surface area contributed by atoms with Crippen LogP contribution in [-0.2, 0) is 11.3 Å². The van der Waals surface area contributed by atoms with E-state index >= 15 is 0 Å². The van der Waals surface area contributed by atoms with Gasteiger partial charge in [-0.1, -0.05) is 13.8 Å². The van der Waals surface area contributed by atoms with Crippen LogP contribution in [0.4, 0.5) is 0 Å². The van der Waals surface area contributed by atoms with Gasteiger partial charge >= 0.3 is 5.97 Å². The van der Waals surface area contributed by atoms with E-state index in [2.05, 4.69) is 20.9 Å².